The lowest BCUT2D eigenvalue weighted by Crippen LogP contribution is -2.61. The number of furan rings is 1. The van der Waals surface area contributed by atoms with Gasteiger partial charge in [-0.1, -0.05) is 45.0 Å². The van der Waals surface area contributed by atoms with Crippen molar-refractivity contribution in [2.24, 2.45) is 23.7 Å². The van der Waals surface area contributed by atoms with E-state index in [2.05, 4.69) is 5.32 Å². The fourth-order valence-electron chi connectivity index (χ4n) is 10.4. The van der Waals surface area contributed by atoms with Crippen LogP contribution in [0, 0.1) is 23.7 Å². The van der Waals surface area contributed by atoms with Gasteiger partial charge in [0.2, 0.25) is 5.91 Å². The van der Waals surface area contributed by atoms with Crippen LogP contribution in [0.2, 0.25) is 0 Å². The fourth-order valence-corrected chi connectivity index (χ4v) is 10.4. The lowest BCUT2D eigenvalue weighted by atomic mass is 9.74. The number of nitrogens with zero attached hydrogens (tertiary/aromatic N) is 1. The van der Waals surface area contributed by atoms with Crippen LogP contribution in [-0.4, -0.2) is 161 Å². The molecule has 0 spiro atoms. The first-order valence-corrected chi connectivity index (χ1v) is 24.1. The maximum atomic E-state index is 14.8. The second-order valence-corrected chi connectivity index (χ2v) is 20.7. The van der Waals surface area contributed by atoms with Crippen molar-refractivity contribution in [1.29, 1.82) is 0 Å². The molecule has 0 radical (unpaired) electrons. The molecule has 3 aliphatic rings. The highest BCUT2D eigenvalue weighted by Gasteiger charge is 2.54. The van der Waals surface area contributed by atoms with Gasteiger partial charge < -0.3 is 68.2 Å². The first kappa shape index (κ1) is 56.1. The maximum absolute atomic E-state index is 14.8. The van der Waals surface area contributed by atoms with Gasteiger partial charge in [-0.25, -0.2) is 0 Å². The van der Waals surface area contributed by atoms with Crippen molar-refractivity contribution >= 4 is 23.6 Å². The van der Waals surface area contributed by atoms with Crippen molar-refractivity contribution < 1.29 is 77.2 Å². The van der Waals surface area contributed by atoms with E-state index in [-0.39, 0.29) is 50.3 Å². The van der Waals surface area contributed by atoms with E-state index in [1.54, 1.807) is 47.1 Å². The molecule has 5 rings (SSSR count). The van der Waals surface area contributed by atoms with Crippen LogP contribution in [0.5, 0.6) is 0 Å². The topological polar surface area (TPSA) is 242 Å². The Morgan fingerprint density at radius 1 is 0.899 bits per heavy atom. The summed E-state index contributed by atoms with van der Waals surface area (Å²) in [6.45, 7) is 15.5. The molecule has 0 unspecified atom stereocenters. The number of methoxy groups -OCH3 is 1. The van der Waals surface area contributed by atoms with Crippen LogP contribution in [0.15, 0.2) is 47.3 Å². The van der Waals surface area contributed by atoms with Crippen molar-refractivity contribution in [3.8, 4) is 11.1 Å². The molecule has 1 aromatic heterocycles. The number of cyclic esters (lactones) is 1. The van der Waals surface area contributed by atoms with E-state index < -0.39 is 114 Å². The number of Topliss-reactive ketones (excluding diaryl/α,β-unsaturated/α-hetero) is 1. The number of esters is 2. The van der Waals surface area contributed by atoms with E-state index in [0.717, 1.165) is 16.7 Å². The smallest absolute Gasteiger partial charge is 0.311 e. The van der Waals surface area contributed by atoms with Crippen molar-refractivity contribution in [1.82, 2.24) is 10.2 Å². The van der Waals surface area contributed by atoms with Crippen LogP contribution in [-0.2, 0) is 58.8 Å². The number of aliphatic hydroxyl groups is 4. The van der Waals surface area contributed by atoms with Crippen LogP contribution in [0.4, 0.5) is 0 Å². The third kappa shape index (κ3) is 13.4. The molecule has 1 amide bonds. The first-order chi connectivity index (χ1) is 32.2. The predicted octanol–water partition coefficient (Wildman–Crippen LogP) is 3.96. The minimum absolute atomic E-state index is 0.0166. The normalized spacial score (nSPS) is 39.6. The number of benzene rings is 1. The van der Waals surface area contributed by atoms with Crippen molar-refractivity contribution in [2.45, 2.75) is 186 Å². The molecule has 4 heterocycles. The summed E-state index contributed by atoms with van der Waals surface area (Å²) in [5.41, 5.74) is -2.83. The predicted molar refractivity (Wildman–Crippen MR) is 251 cm³/mol. The number of carbonyl (C=O) groups excluding carboxylic acids is 4. The van der Waals surface area contributed by atoms with Crippen molar-refractivity contribution in [3.05, 3.63) is 48.4 Å². The molecule has 69 heavy (non-hydrogen) atoms. The molecule has 3 fully saturated rings. The Morgan fingerprint density at radius 2 is 1.59 bits per heavy atom. The zero-order valence-corrected chi connectivity index (χ0v) is 42.6. The molecular formula is C51H78N2O16. The van der Waals surface area contributed by atoms with Gasteiger partial charge in [0.15, 0.2) is 18.7 Å². The fraction of sp³-hybridized carbons (Fsp3) is 0.725. The Labute approximate surface area is 406 Å². The highest BCUT2D eigenvalue weighted by atomic mass is 16.7. The molecule has 18 nitrogen and oxygen atoms in total. The standard InChI is InChI=1S/C51H78N2O16/c1-27-24-49(8,60)46(69-48-43(66-33(7)54)37(53(11)12)21-28(2)64-48)30(4)42(68-40-25-50(9,62-13)45(58)32(6)65-40)31(5)47(59)67-38(51(10,61)44(57)29(3)41(27)56)17-19-52-39(55)23-34-15-14-16-35(22-34)36-18-20-63-26-36/h14-16,18,20,22,26-32,37-38,40,42-46,48,57-58,60-61H,17,19,21,23-25H2,1-13H3,(H,52,55)/t27-,28-,29+,30+,31-,32+,37+,38-,40+,42+,43-,44-,45+,46-,48+,49-,50-,51-/m1/s1. The van der Waals surface area contributed by atoms with Gasteiger partial charge in [-0.15, -0.1) is 0 Å². The van der Waals surface area contributed by atoms with Crippen molar-refractivity contribution in [3.63, 3.8) is 0 Å². The summed E-state index contributed by atoms with van der Waals surface area (Å²) >= 11 is 0. The van der Waals surface area contributed by atoms with Gasteiger partial charge in [0.05, 0.1) is 72.6 Å². The summed E-state index contributed by atoms with van der Waals surface area (Å²) in [6, 6.07) is 8.87. The van der Waals surface area contributed by atoms with E-state index in [1.807, 2.05) is 56.3 Å². The maximum Gasteiger partial charge on any atom is 0.311 e. The summed E-state index contributed by atoms with van der Waals surface area (Å²) < 4.78 is 49.2. The average Bonchev–Trinajstić information content (AvgIpc) is 3.83. The van der Waals surface area contributed by atoms with Gasteiger partial charge in [0, 0.05) is 56.7 Å². The molecule has 388 valence electrons. The number of nitrogens with one attached hydrogen (secondary N) is 1. The molecule has 0 bridgehead atoms. The summed E-state index contributed by atoms with van der Waals surface area (Å²) in [5, 5.41) is 50.8. The first-order valence-electron chi connectivity index (χ1n) is 24.1. The number of ether oxygens (including phenoxy) is 7. The molecular weight excluding hydrogens is 897 g/mol. The highest BCUT2D eigenvalue weighted by molar-refractivity contribution is 5.83. The Balaban J connectivity index is 1.53. The third-order valence-electron chi connectivity index (χ3n) is 14.6. The number of hydrogen-bond donors (Lipinski definition) is 5. The Morgan fingerprint density at radius 3 is 2.22 bits per heavy atom. The Kier molecular flexibility index (Phi) is 18.8. The van der Waals surface area contributed by atoms with Crippen LogP contribution in [0.1, 0.15) is 100 Å². The lowest BCUT2D eigenvalue weighted by molar-refractivity contribution is -0.318. The van der Waals surface area contributed by atoms with Crippen LogP contribution >= 0.6 is 0 Å². The van der Waals surface area contributed by atoms with Gasteiger partial charge in [0.25, 0.3) is 0 Å². The van der Waals surface area contributed by atoms with E-state index in [4.69, 9.17) is 37.6 Å². The summed E-state index contributed by atoms with van der Waals surface area (Å²) in [7, 11) is 5.14. The lowest BCUT2D eigenvalue weighted by Gasteiger charge is -2.49. The van der Waals surface area contributed by atoms with E-state index in [9.17, 15) is 39.6 Å². The third-order valence-corrected chi connectivity index (χ3v) is 14.6. The molecule has 3 saturated heterocycles. The second kappa shape index (κ2) is 23.2. The van der Waals surface area contributed by atoms with Gasteiger partial charge >= 0.3 is 11.9 Å². The Hall–Kier alpha value is -3.82. The SMILES string of the molecule is CO[C@]1(C)C[C@H](O[C@H]2[C@H](C)[C@@H](O[C@@H]3O[C@H](C)C[C@H](N(C)C)[C@H]3OC(C)=O)[C@](C)(O)C[C@@H](C)C(=O)[C@H](C)[C@@H](O)[C@](C)(O)[C@@H](CCNC(=O)Cc3cccc(-c4ccoc4)c3)OC(=O)[C@@H]2C)O[C@@H](C)[C@@H]1O. The molecule has 3 aliphatic heterocycles. The van der Waals surface area contributed by atoms with Gasteiger partial charge in [-0.05, 0) is 85.7 Å². The molecule has 18 heteroatoms. The van der Waals surface area contributed by atoms with Crippen LogP contribution in [0.3, 0.4) is 0 Å². The zero-order valence-electron chi connectivity index (χ0n) is 42.6. The van der Waals surface area contributed by atoms with Crippen LogP contribution in [0.25, 0.3) is 11.1 Å². The van der Waals surface area contributed by atoms with Gasteiger partial charge in [-0.3, -0.25) is 19.2 Å². The molecule has 5 N–H and O–H groups in total. The molecule has 0 aliphatic carbocycles. The molecule has 2 aromatic rings. The number of amides is 1. The van der Waals surface area contributed by atoms with Crippen molar-refractivity contribution in [2.75, 3.05) is 27.7 Å². The number of aliphatic hydroxyl groups excluding tert-OH is 2. The molecule has 0 saturated carbocycles. The van der Waals surface area contributed by atoms with Gasteiger partial charge in [0.1, 0.15) is 23.6 Å². The quantitative estimate of drug-likeness (QED) is 0.179. The molecule has 1 aromatic carbocycles. The zero-order chi connectivity index (χ0) is 51.3. The summed E-state index contributed by atoms with van der Waals surface area (Å²) in [4.78, 5) is 57.0. The van der Waals surface area contributed by atoms with E-state index in [0.29, 0.717) is 6.42 Å². The number of ketones is 1. The average molecular weight is 975 g/mol. The molecule has 18 atom stereocenters. The number of hydrogen-bond acceptors (Lipinski definition) is 17. The number of rotatable bonds is 13. The minimum Gasteiger partial charge on any atom is -0.472 e. The monoisotopic (exact) mass is 975 g/mol. The van der Waals surface area contributed by atoms with Crippen LogP contribution < -0.4 is 5.32 Å². The highest BCUT2D eigenvalue weighted by Crippen LogP contribution is 2.41. The minimum atomic E-state index is -2.24. The summed E-state index contributed by atoms with van der Waals surface area (Å²) in [5.74, 6) is -6.69. The van der Waals surface area contributed by atoms with E-state index >= 15 is 0 Å². The largest absolute Gasteiger partial charge is 0.472 e. The number of carbonyl (C=O) groups is 4. The van der Waals surface area contributed by atoms with E-state index in [1.165, 1.54) is 34.8 Å². The summed E-state index contributed by atoms with van der Waals surface area (Å²) in [6.07, 6.45) is -8.04. The van der Waals surface area contributed by atoms with Gasteiger partial charge in [-0.2, -0.15) is 0 Å². The number of likely N-dealkylation sites (N-methyl/N-ethyl adjacent to an activating group) is 1. The second-order valence-electron chi connectivity index (χ2n) is 20.7. The Bertz CT molecular complexity index is 2030.